The average Bonchev–Trinajstić information content (AvgIpc) is 2.75. The summed E-state index contributed by atoms with van der Waals surface area (Å²) in [5, 5.41) is 3.49. The molecule has 5 heteroatoms. The number of thiophene rings is 1. The summed E-state index contributed by atoms with van der Waals surface area (Å²) < 4.78 is 15.7. The van der Waals surface area contributed by atoms with E-state index in [9.17, 15) is 0 Å². The monoisotopic (exact) mass is 301 g/mol. The number of nitrogens with one attached hydrogen (secondary N) is 1. The number of rotatable bonds is 11. The molecule has 1 unspecified atom stereocenters. The van der Waals surface area contributed by atoms with Gasteiger partial charge in [0.05, 0.1) is 33.0 Å². The summed E-state index contributed by atoms with van der Waals surface area (Å²) in [4.78, 5) is 2.77. The zero-order chi connectivity index (χ0) is 14.8. The molecule has 1 atom stereocenters. The minimum atomic E-state index is 0.376. The fourth-order valence-corrected chi connectivity index (χ4v) is 3.02. The Kier molecular flexibility index (Phi) is 9.05. The molecule has 20 heavy (non-hydrogen) atoms. The molecule has 0 aliphatic carbocycles. The first-order valence-electron chi connectivity index (χ1n) is 7.10. The van der Waals surface area contributed by atoms with E-state index in [0.717, 1.165) is 6.54 Å². The van der Waals surface area contributed by atoms with Gasteiger partial charge < -0.3 is 19.5 Å². The highest BCUT2D eigenvalue weighted by Gasteiger charge is 2.10. The van der Waals surface area contributed by atoms with Crippen LogP contribution in [0.25, 0.3) is 0 Å². The summed E-state index contributed by atoms with van der Waals surface area (Å²) in [7, 11) is 1.67. The fraction of sp³-hybridized carbons (Fsp3) is 0.733. The van der Waals surface area contributed by atoms with Gasteiger partial charge in [-0.25, -0.2) is 0 Å². The Balaban J connectivity index is 2.02. The first-order valence-corrected chi connectivity index (χ1v) is 7.91. The third kappa shape index (κ3) is 6.81. The predicted molar refractivity (Wildman–Crippen MR) is 83.7 cm³/mol. The summed E-state index contributed by atoms with van der Waals surface area (Å²) in [6, 6.07) is 2.64. The smallest absolute Gasteiger partial charge is 0.0701 e. The summed E-state index contributed by atoms with van der Waals surface area (Å²) in [5.41, 5.74) is 1.40. The lowest BCUT2D eigenvalue weighted by Crippen LogP contribution is -2.24. The Morgan fingerprint density at radius 1 is 1.10 bits per heavy atom. The van der Waals surface area contributed by atoms with Crippen molar-refractivity contribution in [1.82, 2.24) is 5.32 Å². The highest BCUT2D eigenvalue weighted by atomic mass is 32.1. The fourth-order valence-electron chi connectivity index (χ4n) is 2.00. The maximum Gasteiger partial charge on any atom is 0.0701 e. The van der Waals surface area contributed by atoms with E-state index in [-0.39, 0.29) is 0 Å². The number of hydrogen-bond donors (Lipinski definition) is 1. The van der Waals surface area contributed by atoms with Gasteiger partial charge in [0.1, 0.15) is 0 Å². The van der Waals surface area contributed by atoms with Crippen LogP contribution in [0.3, 0.4) is 0 Å². The van der Waals surface area contributed by atoms with Crippen molar-refractivity contribution in [3.8, 4) is 0 Å². The van der Waals surface area contributed by atoms with E-state index >= 15 is 0 Å². The first kappa shape index (κ1) is 17.6. The van der Waals surface area contributed by atoms with E-state index in [1.54, 1.807) is 7.11 Å². The molecule has 0 bridgehead atoms. The van der Waals surface area contributed by atoms with Gasteiger partial charge in [-0.3, -0.25) is 0 Å². The van der Waals surface area contributed by atoms with Gasteiger partial charge in [-0.2, -0.15) is 0 Å². The van der Waals surface area contributed by atoms with Crippen LogP contribution >= 0.6 is 11.3 Å². The topological polar surface area (TPSA) is 39.7 Å². The van der Waals surface area contributed by atoms with Crippen molar-refractivity contribution < 1.29 is 14.2 Å². The second kappa shape index (κ2) is 10.3. The van der Waals surface area contributed by atoms with Crippen LogP contribution in [0.4, 0.5) is 0 Å². The van der Waals surface area contributed by atoms with Crippen LogP contribution in [0.2, 0.25) is 0 Å². The standard InChI is InChI=1S/C15H27NO3S/c1-12-11-15(14(3)20-12)13(2)16-5-6-18-9-10-19-8-7-17-4/h11,13,16H,5-10H2,1-4H3. The Hall–Kier alpha value is -0.460. The highest BCUT2D eigenvalue weighted by Crippen LogP contribution is 2.25. The van der Waals surface area contributed by atoms with Crippen LogP contribution in [-0.2, 0) is 14.2 Å². The minimum absolute atomic E-state index is 0.376. The molecule has 1 aromatic rings. The van der Waals surface area contributed by atoms with Gasteiger partial charge in [0.25, 0.3) is 0 Å². The normalized spacial score (nSPS) is 12.8. The first-order chi connectivity index (χ1) is 9.65. The summed E-state index contributed by atoms with van der Waals surface area (Å²) >= 11 is 1.86. The van der Waals surface area contributed by atoms with Gasteiger partial charge in [0.2, 0.25) is 0 Å². The van der Waals surface area contributed by atoms with Crippen molar-refractivity contribution >= 4 is 11.3 Å². The molecular formula is C15H27NO3S. The van der Waals surface area contributed by atoms with Crippen LogP contribution in [0.1, 0.15) is 28.3 Å². The average molecular weight is 301 g/mol. The third-order valence-electron chi connectivity index (χ3n) is 3.05. The maximum atomic E-state index is 5.51. The summed E-state index contributed by atoms with van der Waals surface area (Å²) in [5.74, 6) is 0. The summed E-state index contributed by atoms with van der Waals surface area (Å²) in [6.07, 6.45) is 0. The number of methoxy groups -OCH3 is 1. The number of ether oxygens (including phenoxy) is 3. The molecule has 0 saturated heterocycles. The lowest BCUT2D eigenvalue weighted by atomic mass is 10.1. The molecule has 0 fully saturated rings. The largest absolute Gasteiger partial charge is 0.382 e. The summed E-state index contributed by atoms with van der Waals surface area (Å²) in [6.45, 7) is 10.6. The van der Waals surface area contributed by atoms with E-state index in [4.69, 9.17) is 14.2 Å². The third-order valence-corrected chi connectivity index (χ3v) is 4.03. The highest BCUT2D eigenvalue weighted by molar-refractivity contribution is 7.12. The van der Waals surface area contributed by atoms with Crippen LogP contribution < -0.4 is 5.32 Å². The van der Waals surface area contributed by atoms with E-state index in [1.807, 2.05) is 11.3 Å². The molecule has 116 valence electrons. The van der Waals surface area contributed by atoms with E-state index in [0.29, 0.717) is 39.1 Å². The van der Waals surface area contributed by atoms with E-state index in [1.165, 1.54) is 15.3 Å². The van der Waals surface area contributed by atoms with E-state index < -0.39 is 0 Å². The Labute approximate surface area is 126 Å². The second-order valence-corrected chi connectivity index (χ2v) is 6.22. The van der Waals surface area contributed by atoms with Gasteiger partial charge in [0, 0.05) is 29.5 Å². The lowest BCUT2D eigenvalue weighted by Gasteiger charge is -2.14. The maximum absolute atomic E-state index is 5.51. The van der Waals surface area contributed by atoms with Gasteiger partial charge in [-0.05, 0) is 32.4 Å². The molecule has 1 rings (SSSR count). The zero-order valence-corrected chi connectivity index (χ0v) is 13.8. The Bertz CT molecular complexity index is 368. The van der Waals surface area contributed by atoms with Crippen LogP contribution in [0.15, 0.2) is 6.07 Å². The predicted octanol–water partition coefficient (Wildman–Crippen LogP) is 2.70. The van der Waals surface area contributed by atoms with Crippen molar-refractivity contribution in [2.75, 3.05) is 46.7 Å². The minimum Gasteiger partial charge on any atom is -0.382 e. The van der Waals surface area contributed by atoms with Gasteiger partial charge in [-0.15, -0.1) is 11.3 Å². The van der Waals surface area contributed by atoms with Crippen LogP contribution in [0, 0.1) is 13.8 Å². The molecule has 1 heterocycles. The van der Waals surface area contributed by atoms with Crippen LogP contribution in [0.5, 0.6) is 0 Å². The lowest BCUT2D eigenvalue weighted by molar-refractivity contribution is 0.0253. The molecule has 4 nitrogen and oxygen atoms in total. The van der Waals surface area contributed by atoms with Crippen molar-refractivity contribution in [2.45, 2.75) is 26.8 Å². The molecule has 1 N–H and O–H groups in total. The van der Waals surface area contributed by atoms with Gasteiger partial charge >= 0.3 is 0 Å². The molecule has 0 amide bonds. The molecule has 0 aromatic carbocycles. The molecule has 0 spiro atoms. The molecule has 1 aromatic heterocycles. The SMILES string of the molecule is COCCOCCOCCNC(C)c1cc(C)sc1C. The molecule has 0 saturated carbocycles. The zero-order valence-electron chi connectivity index (χ0n) is 13.0. The number of aryl methyl sites for hydroxylation is 2. The molecule has 0 radical (unpaired) electrons. The van der Waals surface area contributed by atoms with Gasteiger partial charge in [-0.1, -0.05) is 0 Å². The molecule has 0 aliphatic heterocycles. The number of hydrogen-bond acceptors (Lipinski definition) is 5. The quantitative estimate of drug-likeness (QED) is 0.638. The van der Waals surface area contributed by atoms with Crippen molar-refractivity contribution in [2.24, 2.45) is 0 Å². The van der Waals surface area contributed by atoms with Crippen LogP contribution in [-0.4, -0.2) is 46.7 Å². The Morgan fingerprint density at radius 2 is 1.75 bits per heavy atom. The van der Waals surface area contributed by atoms with Crippen molar-refractivity contribution in [3.05, 3.63) is 21.4 Å². The van der Waals surface area contributed by atoms with Crippen molar-refractivity contribution in [1.29, 1.82) is 0 Å². The molecular weight excluding hydrogens is 274 g/mol. The van der Waals surface area contributed by atoms with Gasteiger partial charge in [0.15, 0.2) is 0 Å². The molecule has 0 aliphatic rings. The second-order valence-electron chi connectivity index (χ2n) is 4.76. The Morgan fingerprint density at radius 3 is 2.35 bits per heavy atom. The van der Waals surface area contributed by atoms with E-state index in [2.05, 4.69) is 32.2 Å². The van der Waals surface area contributed by atoms with Crippen molar-refractivity contribution in [3.63, 3.8) is 0 Å².